The van der Waals surface area contributed by atoms with Gasteiger partial charge in [0.25, 0.3) is 0 Å². The number of hydrogen-bond acceptors (Lipinski definition) is 10. The van der Waals surface area contributed by atoms with Crippen LogP contribution in [0.15, 0.2) is 312 Å². The first-order valence-electron chi connectivity index (χ1n) is 48.6. The van der Waals surface area contributed by atoms with Crippen molar-refractivity contribution in [2.24, 2.45) is 23.7 Å². The van der Waals surface area contributed by atoms with Crippen molar-refractivity contribution in [2.45, 2.75) is 214 Å². The SMILES string of the molecule is CCCCCC(=O)NC1=CC(=[N+](c2ccc(C)cc2)c2ccc(C)cc2)C=CC1=C1C(=O)C(c2ccc(N(c3ccc(C)cc3)c3ccc(C)cc3)cc2NC(=O)CCCCC)=C1[O-].Cc1ccc(N(c2ccc(C)cc2)c2ccc(C3=C(O)/C(=C4/C=CC(=[N+](c5ccc(C)cc5)c5ccc(C)cc5)C=C4NC(=O)CC(C)CCCC(C)C)C3=O)c(NC(=O)CC(C)CCCC(C)C)c2)cc1. The van der Waals surface area contributed by atoms with Gasteiger partial charge < -0.3 is 41.3 Å². The average Bonchev–Trinajstić information content (AvgIpc) is 0.732. The minimum absolute atomic E-state index is 0.00661. The summed E-state index contributed by atoms with van der Waals surface area (Å²) in [5.74, 6) is -0.698. The van der Waals surface area contributed by atoms with E-state index in [0.717, 1.165) is 190 Å². The fourth-order valence-electron chi connectivity index (χ4n) is 17.6. The maximum Gasteiger partial charge on any atom is 0.224 e. The molecule has 16 heteroatoms. The van der Waals surface area contributed by atoms with Gasteiger partial charge in [0.05, 0.1) is 33.9 Å². The number of aryl methyl sites for hydroxylation is 8. The number of allylic oxidation sites excluding steroid dienone is 10. The Kier molecular flexibility index (Phi) is 33.8. The lowest BCUT2D eigenvalue weighted by Gasteiger charge is -2.34. The molecule has 0 aromatic heterocycles. The van der Waals surface area contributed by atoms with Crippen LogP contribution in [0.1, 0.15) is 214 Å². The Bertz CT molecular complexity index is 6210. The second-order valence-corrected chi connectivity index (χ2v) is 38.2. The normalized spacial score (nSPS) is 15.0. The van der Waals surface area contributed by atoms with E-state index in [1.54, 1.807) is 12.1 Å². The van der Waals surface area contributed by atoms with Gasteiger partial charge in [-0.05, 0) is 183 Å². The minimum Gasteiger partial charge on any atom is -0.871 e. The van der Waals surface area contributed by atoms with E-state index >= 15 is 0 Å². The van der Waals surface area contributed by atoms with Crippen molar-refractivity contribution < 1.29 is 39.0 Å². The summed E-state index contributed by atoms with van der Waals surface area (Å²) in [5.41, 5.74) is 22.8. The summed E-state index contributed by atoms with van der Waals surface area (Å²) in [6.07, 6.45) is 23.7. The molecule has 10 aromatic carbocycles. The van der Waals surface area contributed by atoms with E-state index in [0.29, 0.717) is 82.6 Å². The predicted molar refractivity (Wildman–Crippen MR) is 561 cm³/mol. The van der Waals surface area contributed by atoms with Crippen LogP contribution in [0.2, 0.25) is 0 Å². The molecule has 0 radical (unpaired) electrons. The second kappa shape index (κ2) is 46.2. The number of carbonyl (C=O) groups excluding carboxylic acids is 6. The van der Waals surface area contributed by atoms with Crippen LogP contribution in [0.25, 0.3) is 11.1 Å². The molecule has 16 nitrogen and oxygen atoms in total. The van der Waals surface area contributed by atoms with Crippen LogP contribution < -0.4 is 45.3 Å². The molecule has 0 fully saturated rings. The van der Waals surface area contributed by atoms with Crippen molar-refractivity contribution in [3.8, 4) is 0 Å². The fourth-order valence-corrected chi connectivity index (χ4v) is 17.6. The Hall–Kier alpha value is -14.1. The highest BCUT2D eigenvalue weighted by Crippen LogP contribution is 2.48. The van der Waals surface area contributed by atoms with Crippen molar-refractivity contribution in [1.82, 2.24) is 19.8 Å². The number of hydrogen-bond donors (Lipinski definition) is 5. The molecule has 136 heavy (non-hydrogen) atoms. The number of amides is 4. The Labute approximate surface area is 805 Å². The molecule has 0 saturated carbocycles. The quantitative estimate of drug-likeness (QED) is 0.0143. The Morgan fingerprint density at radius 2 is 0.632 bits per heavy atom. The van der Waals surface area contributed by atoms with E-state index < -0.39 is 11.5 Å². The summed E-state index contributed by atoms with van der Waals surface area (Å²) >= 11 is 0. The Morgan fingerprint density at radius 3 is 0.963 bits per heavy atom. The van der Waals surface area contributed by atoms with Gasteiger partial charge in [0, 0.05) is 166 Å². The van der Waals surface area contributed by atoms with Crippen molar-refractivity contribution in [2.75, 3.05) is 20.4 Å². The van der Waals surface area contributed by atoms with Gasteiger partial charge in [-0.2, -0.15) is 9.15 Å². The number of unbranched alkanes of at least 4 members (excludes halogenated alkanes) is 4. The standard InChI is InChI=1S/C64H74N4O4.C56H58N4O4/c1-41(2)13-11-15-47(9)37-59(69)65-57-39-53(67(49-25-17-43(5)18-26-49)50-27-19-44(6)20-28-50)33-35-55(57)61-63(71)62(64(61)72)56-36-34-54(40-58(56)66-60(70)38-48(10)16-12-14-42(3)4)68(51-29-21-45(7)22-30-51)52-31-23-46(8)24-32-52;1-7-9-11-13-51(61)57-49-35-45(59(41-23-15-37(3)16-24-41)42-25-17-38(4)18-26-42)31-33-47(49)53-55(63)54(56(53)64)48-34-32-46(36-50(48)58-52(62)14-12-10-8-2)60(43-27-19-39(5)20-28-43)44-29-21-40(6)22-30-44/h17-36,39-42,47-48H,11-16,37-38H2,1-10H3,(H2,65,66,69,70,71,72);15-36H,7-14H2,1-6H3,(H2,57,58,61,62,63,64)/p+1. The lowest BCUT2D eigenvalue weighted by atomic mass is 9.78. The van der Waals surface area contributed by atoms with Gasteiger partial charge in [0.15, 0.2) is 5.78 Å². The summed E-state index contributed by atoms with van der Waals surface area (Å²) in [6, 6.07) is 77.1. The predicted octanol–water partition coefficient (Wildman–Crippen LogP) is 27.7. The summed E-state index contributed by atoms with van der Waals surface area (Å²) in [5, 5.41) is 39.4. The zero-order valence-corrected chi connectivity index (χ0v) is 82.1. The van der Waals surface area contributed by atoms with Crippen LogP contribution in [0.3, 0.4) is 0 Å². The molecule has 0 saturated heterocycles. The number of benzene rings is 10. The zero-order chi connectivity index (χ0) is 97.0. The smallest absolute Gasteiger partial charge is 0.224 e. The molecule has 0 spiro atoms. The highest BCUT2D eigenvalue weighted by atomic mass is 16.3. The van der Waals surface area contributed by atoms with E-state index in [1.165, 1.54) is 0 Å². The van der Waals surface area contributed by atoms with Crippen molar-refractivity contribution in [1.29, 1.82) is 0 Å². The fraction of sp³-hybridized carbons (Fsp3) is 0.300. The minimum atomic E-state index is -0.448. The number of aliphatic hydroxyl groups is 1. The first-order valence-corrected chi connectivity index (χ1v) is 48.6. The lowest BCUT2D eigenvalue weighted by molar-refractivity contribution is -0.297. The van der Waals surface area contributed by atoms with Gasteiger partial charge in [-0.15, -0.1) is 0 Å². The number of rotatable bonds is 36. The summed E-state index contributed by atoms with van der Waals surface area (Å²) < 4.78 is 4.22. The number of Topliss-reactive ketones (excluding diaryl/α,β-unsaturated/α-hetero) is 2. The molecule has 10 aromatic rings. The van der Waals surface area contributed by atoms with Crippen LogP contribution in [0, 0.1) is 79.1 Å². The van der Waals surface area contributed by atoms with E-state index in [-0.39, 0.29) is 69.3 Å². The van der Waals surface area contributed by atoms with Crippen LogP contribution >= 0.6 is 0 Å². The van der Waals surface area contributed by atoms with Gasteiger partial charge in [-0.3, -0.25) is 28.8 Å². The molecule has 14 rings (SSSR count). The van der Waals surface area contributed by atoms with Crippen LogP contribution in [-0.4, -0.2) is 51.7 Å². The molecule has 4 amide bonds. The molecule has 2 unspecified atom stereocenters. The summed E-state index contributed by atoms with van der Waals surface area (Å²) in [7, 11) is 0. The zero-order valence-electron chi connectivity index (χ0n) is 82.1. The molecule has 0 aliphatic heterocycles. The van der Waals surface area contributed by atoms with E-state index in [4.69, 9.17) is 0 Å². The Balaban J connectivity index is 0.000000232. The first-order chi connectivity index (χ1) is 65.4. The van der Waals surface area contributed by atoms with Gasteiger partial charge in [-0.1, -0.05) is 273 Å². The molecule has 4 aliphatic carbocycles. The molecule has 5 N–H and O–H groups in total. The topological polar surface area (TPSA) is 206 Å². The molecule has 4 aliphatic rings. The van der Waals surface area contributed by atoms with Gasteiger partial charge >= 0.3 is 0 Å². The van der Waals surface area contributed by atoms with Crippen LogP contribution in [0.4, 0.5) is 68.2 Å². The first kappa shape index (κ1) is 99.4. The Morgan fingerprint density at radius 1 is 0.338 bits per heavy atom. The number of aliphatic hydroxyl groups excluding tert-OH is 1. The maximum absolute atomic E-state index is 14.9. The number of nitrogens with one attached hydrogen (secondary N) is 4. The van der Waals surface area contributed by atoms with Crippen LogP contribution in [-0.2, 0) is 28.8 Å². The third-order valence-corrected chi connectivity index (χ3v) is 25.4. The molecular formula is C120H133N8O8+. The number of ketones is 2. The number of nitrogens with zero attached hydrogens (tertiary/aromatic N) is 4. The van der Waals surface area contributed by atoms with Crippen LogP contribution in [0.5, 0.6) is 0 Å². The maximum atomic E-state index is 14.9. The van der Waals surface area contributed by atoms with E-state index in [1.807, 2.05) is 137 Å². The average molecular weight is 1820 g/mol. The summed E-state index contributed by atoms with van der Waals surface area (Å²) in [6.45, 7) is 33.6. The summed E-state index contributed by atoms with van der Waals surface area (Å²) in [4.78, 5) is 88.8. The van der Waals surface area contributed by atoms with Gasteiger partial charge in [0.2, 0.25) is 63.6 Å². The molecule has 0 bridgehead atoms. The third kappa shape index (κ3) is 25.1. The van der Waals surface area contributed by atoms with E-state index in [9.17, 15) is 39.0 Å². The van der Waals surface area contributed by atoms with Gasteiger partial charge in [-0.25, -0.2) is 0 Å². The molecule has 700 valence electrons. The lowest BCUT2D eigenvalue weighted by Crippen LogP contribution is -2.34. The highest BCUT2D eigenvalue weighted by molar-refractivity contribution is 6.41. The monoisotopic (exact) mass is 1810 g/mol. The third-order valence-electron chi connectivity index (χ3n) is 25.4. The number of carbonyl (C=O) groups is 6. The second-order valence-electron chi connectivity index (χ2n) is 38.2. The highest BCUT2D eigenvalue weighted by Gasteiger charge is 2.41. The van der Waals surface area contributed by atoms with Crippen molar-refractivity contribution >= 4 is 126 Å². The molecular weight excluding hydrogens is 1680 g/mol. The molecule has 2 atom stereocenters. The molecule has 0 heterocycles. The largest absolute Gasteiger partial charge is 0.871 e. The number of anilines is 8. The van der Waals surface area contributed by atoms with Gasteiger partial charge in [0.1, 0.15) is 5.76 Å². The van der Waals surface area contributed by atoms with E-state index in [2.05, 4.69) is 269 Å². The van der Waals surface area contributed by atoms with Crippen molar-refractivity contribution in [3.63, 3.8) is 0 Å². The van der Waals surface area contributed by atoms with Crippen molar-refractivity contribution in [3.05, 3.63) is 368 Å².